The minimum Gasteiger partial charge on any atom is -0.463 e. The minimum absolute atomic E-state index is 0.0198. The van der Waals surface area contributed by atoms with Gasteiger partial charge in [0.15, 0.2) is 0 Å². The average Bonchev–Trinajstić information content (AvgIpc) is 3.20. The van der Waals surface area contributed by atoms with Gasteiger partial charge in [-0.15, -0.1) is 11.3 Å². The van der Waals surface area contributed by atoms with E-state index in [1.54, 1.807) is 11.3 Å². The number of carbonyl (C=O) groups excluding carboxylic acids is 1. The molecule has 0 saturated heterocycles. The molecule has 2 aromatic rings. The molecular formula is C21H31N3O4S. The van der Waals surface area contributed by atoms with E-state index in [4.69, 9.17) is 9.72 Å². The van der Waals surface area contributed by atoms with Crippen molar-refractivity contribution >= 4 is 27.5 Å². The van der Waals surface area contributed by atoms with Gasteiger partial charge < -0.3 is 14.8 Å². The number of esters is 1. The number of thiophene rings is 1. The smallest absolute Gasteiger partial charge is 0.305 e. The van der Waals surface area contributed by atoms with Crippen molar-refractivity contribution in [3.05, 3.63) is 26.6 Å². The van der Waals surface area contributed by atoms with Gasteiger partial charge in [-0.05, 0) is 37.2 Å². The van der Waals surface area contributed by atoms with Crippen LogP contribution >= 0.6 is 11.3 Å². The van der Waals surface area contributed by atoms with Crippen molar-refractivity contribution in [3.63, 3.8) is 0 Å². The van der Waals surface area contributed by atoms with Gasteiger partial charge >= 0.3 is 5.97 Å². The van der Waals surface area contributed by atoms with Crippen LogP contribution in [0.5, 0.6) is 0 Å². The Bertz CT molecular complexity index is 905. The summed E-state index contributed by atoms with van der Waals surface area (Å²) < 4.78 is 5.12. The Hall–Kier alpha value is -1.77. The van der Waals surface area contributed by atoms with E-state index in [-0.39, 0.29) is 18.1 Å². The molecule has 2 aromatic heterocycles. The first kappa shape index (κ1) is 21.9. The maximum Gasteiger partial charge on any atom is 0.305 e. The van der Waals surface area contributed by atoms with Crippen molar-refractivity contribution in [1.29, 1.82) is 0 Å². The number of aromatic amines is 1. The Balaban J connectivity index is 1.69. The quantitative estimate of drug-likeness (QED) is 0.573. The standard InChI is InChI=1S/C21H31N3O4S/c1-4-6-18(26)28-12-14(25)10-24(9-13(2)3)11-17-22-20(27)19-15-7-5-8-16(15)29-21(19)23-17/h13-14,25H,4-12H2,1-3H3,(H,22,23,27). The number of aryl methyl sites for hydroxylation is 2. The van der Waals surface area contributed by atoms with Gasteiger partial charge in [-0.2, -0.15) is 0 Å². The maximum atomic E-state index is 12.7. The number of ether oxygens (including phenoxy) is 1. The maximum absolute atomic E-state index is 12.7. The Morgan fingerprint density at radius 2 is 2.14 bits per heavy atom. The summed E-state index contributed by atoms with van der Waals surface area (Å²) in [5.41, 5.74) is 1.11. The lowest BCUT2D eigenvalue weighted by atomic mass is 10.2. The molecule has 1 atom stereocenters. The van der Waals surface area contributed by atoms with Gasteiger partial charge in [-0.3, -0.25) is 14.5 Å². The van der Waals surface area contributed by atoms with Crippen LogP contribution in [0.3, 0.4) is 0 Å². The van der Waals surface area contributed by atoms with Crippen LogP contribution in [0.2, 0.25) is 0 Å². The van der Waals surface area contributed by atoms with Crippen LogP contribution in [0, 0.1) is 5.92 Å². The van der Waals surface area contributed by atoms with Crippen molar-refractivity contribution in [2.45, 2.75) is 65.5 Å². The van der Waals surface area contributed by atoms with Gasteiger partial charge in [-0.1, -0.05) is 20.8 Å². The van der Waals surface area contributed by atoms with Crippen LogP contribution in [-0.2, 0) is 28.9 Å². The molecule has 2 N–H and O–H groups in total. The average molecular weight is 422 g/mol. The van der Waals surface area contributed by atoms with E-state index in [1.807, 2.05) is 11.8 Å². The van der Waals surface area contributed by atoms with Gasteiger partial charge in [-0.25, -0.2) is 4.98 Å². The molecule has 1 aliphatic rings. The van der Waals surface area contributed by atoms with Crippen LogP contribution in [0.4, 0.5) is 0 Å². The normalized spacial score (nSPS) is 14.7. The van der Waals surface area contributed by atoms with Crippen molar-refractivity contribution < 1.29 is 14.6 Å². The highest BCUT2D eigenvalue weighted by Gasteiger charge is 2.22. The van der Waals surface area contributed by atoms with E-state index in [9.17, 15) is 14.7 Å². The van der Waals surface area contributed by atoms with Gasteiger partial charge in [0.2, 0.25) is 0 Å². The number of aliphatic hydroxyl groups excluding tert-OH is 1. The monoisotopic (exact) mass is 421 g/mol. The molecule has 0 saturated carbocycles. The Kier molecular flexibility index (Phi) is 7.43. The summed E-state index contributed by atoms with van der Waals surface area (Å²) in [6.07, 6.45) is 3.41. The molecule has 0 radical (unpaired) electrons. The van der Waals surface area contributed by atoms with Crippen molar-refractivity contribution in [3.8, 4) is 0 Å². The summed E-state index contributed by atoms with van der Waals surface area (Å²) in [6.45, 7) is 7.62. The fourth-order valence-electron chi connectivity index (χ4n) is 3.87. The third-order valence-electron chi connectivity index (χ3n) is 4.98. The second-order valence-electron chi connectivity index (χ2n) is 8.22. The van der Waals surface area contributed by atoms with Gasteiger partial charge in [0.25, 0.3) is 5.56 Å². The molecular weight excluding hydrogens is 390 g/mol. The number of carbonyl (C=O) groups is 1. The first-order valence-electron chi connectivity index (χ1n) is 10.5. The highest BCUT2D eigenvalue weighted by molar-refractivity contribution is 7.18. The highest BCUT2D eigenvalue weighted by Crippen LogP contribution is 2.34. The molecule has 160 valence electrons. The third kappa shape index (κ3) is 5.65. The molecule has 1 unspecified atom stereocenters. The second kappa shape index (κ2) is 9.82. The van der Waals surface area contributed by atoms with Gasteiger partial charge in [0.05, 0.1) is 11.9 Å². The Morgan fingerprint density at radius 1 is 1.34 bits per heavy atom. The van der Waals surface area contributed by atoms with Crippen molar-refractivity contribution in [1.82, 2.24) is 14.9 Å². The first-order valence-corrected chi connectivity index (χ1v) is 11.3. The van der Waals surface area contributed by atoms with E-state index in [0.717, 1.165) is 42.4 Å². The molecule has 1 aliphatic carbocycles. The van der Waals surface area contributed by atoms with E-state index < -0.39 is 6.10 Å². The molecule has 0 amide bonds. The molecule has 0 fully saturated rings. The number of nitrogens with one attached hydrogen (secondary N) is 1. The molecule has 0 spiro atoms. The zero-order valence-corrected chi connectivity index (χ0v) is 18.3. The molecule has 8 heteroatoms. The summed E-state index contributed by atoms with van der Waals surface area (Å²) in [5.74, 6) is 0.702. The molecule has 3 rings (SSSR count). The highest BCUT2D eigenvalue weighted by atomic mass is 32.1. The van der Waals surface area contributed by atoms with Crippen molar-refractivity contribution in [2.75, 3.05) is 19.7 Å². The predicted molar refractivity (Wildman–Crippen MR) is 114 cm³/mol. The Morgan fingerprint density at radius 3 is 2.86 bits per heavy atom. The largest absolute Gasteiger partial charge is 0.463 e. The lowest BCUT2D eigenvalue weighted by Gasteiger charge is -2.26. The lowest BCUT2D eigenvalue weighted by Crippen LogP contribution is -2.38. The molecule has 0 aromatic carbocycles. The van der Waals surface area contributed by atoms with E-state index >= 15 is 0 Å². The number of hydrogen-bond donors (Lipinski definition) is 2. The number of H-pyrrole nitrogens is 1. The van der Waals surface area contributed by atoms with Crippen LogP contribution in [0.25, 0.3) is 10.2 Å². The fourth-order valence-corrected chi connectivity index (χ4v) is 5.15. The number of aromatic nitrogens is 2. The lowest BCUT2D eigenvalue weighted by molar-refractivity contribution is -0.147. The van der Waals surface area contributed by atoms with E-state index in [2.05, 4.69) is 18.8 Å². The molecule has 2 heterocycles. The zero-order valence-electron chi connectivity index (χ0n) is 17.5. The summed E-state index contributed by atoms with van der Waals surface area (Å²) in [4.78, 5) is 36.0. The van der Waals surface area contributed by atoms with Crippen LogP contribution in [0.15, 0.2) is 4.79 Å². The topological polar surface area (TPSA) is 95.5 Å². The SMILES string of the molecule is CCCC(=O)OCC(O)CN(Cc1nc2sc3c(c2c(=O)[nH]1)CCC3)CC(C)C. The molecule has 0 aliphatic heterocycles. The number of hydrogen-bond acceptors (Lipinski definition) is 7. The summed E-state index contributed by atoms with van der Waals surface area (Å²) >= 11 is 1.63. The summed E-state index contributed by atoms with van der Waals surface area (Å²) in [6, 6.07) is 0. The van der Waals surface area contributed by atoms with Crippen LogP contribution in [-0.4, -0.2) is 51.7 Å². The predicted octanol–water partition coefficient (Wildman–Crippen LogP) is 2.64. The fraction of sp³-hybridized carbons (Fsp3) is 0.667. The molecule has 7 nitrogen and oxygen atoms in total. The Labute approximate surface area is 175 Å². The first-order chi connectivity index (χ1) is 13.9. The van der Waals surface area contributed by atoms with Gasteiger partial charge in [0, 0.05) is 24.4 Å². The van der Waals surface area contributed by atoms with Crippen molar-refractivity contribution in [2.24, 2.45) is 5.92 Å². The number of fused-ring (bicyclic) bond motifs is 3. The molecule has 0 bridgehead atoms. The van der Waals surface area contributed by atoms with E-state index in [0.29, 0.717) is 31.3 Å². The van der Waals surface area contributed by atoms with Crippen LogP contribution < -0.4 is 5.56 Å². The van der Waals surface area contributed by atoms with Gasteiger partial charge in [0.1, 0.15) is 23.4 Å². The number of rotatable bonds is 10. The second-order valence-corrected chi connectivity index (χ2v) is 9.31. The number of aliphatic hydroxyl groups is 1. The van der Waals surface area contributed by atoms with Crippen LogP contribution in [0.1, 0.15) is 56.3 Å². The summed E-state index contributed by atoms with van der Waals surface area (Å²) in [7, 11) is 0. The molecule has 29 heavy (non-hydrogen) atoms. The number of nitrogens with zero attached hydrogens (tertiary/aromatic N) is 2. The summed E-state index contributed by atoms with van der Waals surface area (Å²) in [5, 5.41) is 11.1. The van der Waals surface area contributed by atoms with E-state index in [1.165, 1.54) is 10.4 Å². The minimum atomic E-state index is -0.782. The third-order valence-corrected chi connectivity index (χ3v) is 6.17. The zero-order chi connectivity index (χ0) is 21.0.